The second-order valence-corrected chi connectivity index (χ2v) is 4.83. The summed E-state index contributed by atoms with van der Waals surface area (Å²) in [7, 11) is 0. The Hall–Kier alpha value is -1.50. The standard InChI is InChI=1S/C9H10.C8H6Cl2/c1-3-9-6-4-8(2)5-7-9;1-2-6-5-7(9)3-4-8(6)10/h3-7H,1H2,2H3;2-5H,1H2. The van der Waals surface area contributed by atoms with Crippen LogP contribution in [0.1, 0.15) is 16.7 Å². The van der Waals surface area contributed by atoms with Gasteiger partial charge >= 0.3 is 0 Å². The SMILES string of the molecule is C=Cc1cc(Cl)ccc1Cl.C=Cc1ccc(C)cc1. The van der Waals surface area contributed by atoms with E-state index in [0.717, 1.165) is 5.56 Å². The maximum Gasteiger partial charge on any atom is 0.0479 e. The third-order valence-electron chi connectivity index (χ3n) is 2.49. The molecule has 0 saturated heterocycles. The summed E-state index contributed by atoms with van der Waals surface area (Å²) in [6, 6.07) is 13.5. The molecule has 0 saturated carbocycles. The molecule has 2 aromatic carbocycles. The van der Waals surface area contributed by atoms with E-state index in [4.69, 9.17) is 23.2 Å². The lowest BCUT2D eigenvalue weighted by atomic mass is 10.2. The zero-order valence-corrected chi connectivity index (χ0v) is 12.4. The van der Waals surface area contributed by atoms with Gasteiger partial charge in [-0.25, -0.2) is 0 Å². The Bertz CT molecular complexity index is 554. The van der Waals surface area contributed by atoms with Crippen LogP contribution >= 0.6 is 23.2 Å². The molecule has 0 radical (unpaired) electrons. The summed E-state index contributed by atoms with van der Waals surface area (Å²) < 4.78 is 0. The molecule has 0 aromatic heterocycles. The average molecular weight is 291 g/mol. The van der Waals surface area contributed by atoms with Crippen LogP contribution < -0.4 is 0 Å². The molecular weight excluding hydrogens is 275 g/mol. The molecule has 0 heterocycles. The molecule has 0 bridgehead atoms. The van der Waals surface area contributed by atoms with E-state index in [9.17, 15) is 0 Å². The number of hydrogen-bond acceptors (Lipinski definition) is 0. The molecule has 0 nitrogen and oxygen atoms in total. The molecule has 0 atom stereocenters. The minimum absolute atomic E-state index is 0.680. The minimum atomic E-state index is 0.680. The van der Waals surface area contributed by atoms with Crippen LogP contribution in [-0.2, 0) is 0 Å². The Morgan fingerprint density at radius 1 is 0.895 bits per heavy atom. The van der Waals surface area contributed by atoms with Crippen molar-refractivity contribution >= 4 is 35.4 Å². The number of aryl methyl sites for hydroxylation is 1. The molecular formula is C17H16Cl2. The van der Waals surface area contributed by atoms with Gasteiger partial charge in [-0.05, 0) is 36.2 Å². The first-order chi connectivity index (χ1) is 9.06. The second kappa shape index (κ2) is 7.83. The summed E-state index contributed by atoms with van der Waals surface area (Å²) in [5.41, 5.74) is 3.34. The summed E-state index contributed by atoms with van der Waals surface area (Å²) in [5.74, 6) is 0. The highest BCUT2D eigenvalue weighted by Crippen LogP contribution is 2.20. The van der Waals surface area contributed by atoms with Crippen LogP contribution in [0.4, 0.5) is 0 Å². The van der Waals surface area contributed by atoms with Crippen LogP contribution in [0.15, 0.2) is 55.6 Å². The van der Waals surface area contributed by atoms with Crippen molar-refractivity contribution in [1.29, 1.82) is 0 Å². The predicted molar refractivity (Wildman–Crippen MR) is 87.8 cm³/mol. The van der Waals surface area contributed by atoms with E-state index in [0.29, 0.717) is 10.0 Å². The Labute approximate surface area is 125 Å². The zero-order chi connectivity index (χ0) is 14.3. The fraction of sp³-hybridized carbons (Fsp3) is 0.0588. The van der Waals surface area contributed by atoms with Crippen LogP contribution in [0.2, 0.25) is 10.0 Å². The van der Waals surface area contributed by atoms with Crippen molar-refractivity contribution in [3.05, 3.63) is 82.4 Å². The molecule has 2 rings (SSSR count). The first-order valence-electron chi connectivity index (χ1n) is 5.83. The highest BCUT2D eigenvalue weighted by molar-refractivity contribution is 6.34. The first-order valence-corrected chi connectivity index (χ1v) is 6.59. The van der Waals surface area contributed by atoms with E-state index in [2.05, 4.69) is 44.3 Å². The van der Waals surface area contributed by atoms with Gasteiger partial charge in [-0.3, -0.25) is 0 Å². The molecule has 2 aromatic rings. The molecule has 0 aliphatic heterocycles. The molecule has 0 aliphatic carbocycles. The summed E-state index contributed by atoms with van der Waals surface area (Å²) in [6.45, 7) is 9.33. The normalized spacial score (nSPS) is 9.21. The monoisotopic (exact) mass is 290 g/mol. The highest BCUT2D eigenvalue weighted by atomic mass is 35.5. The Morgan fingerprint density at radius 3 is 2.00 bits per heavy atom. The van der Waals surface area contributed by atoms with Crippen molar-refractivity contribution in [1.82, 2.24) is 0 Å². The third-order valence-corrected chi connectivity index (χ3v) is 3.07. The Morgan fingerprint density at radius 2 is 1.53 bits per heavy atom. The average Bonchev–Trinajstić information content (AvgIpc) is 2.43. The third kappa shape index (κ3) is 5.34. The van der Waals surface area contributed by atoms with Crippen LogP contribution in [-0.4, -0.2) is 0 Å². The Balaban J connectivity index is 0.000000191. The van der Waals surface area contributed by atoms with Crippen molar-refractivity contribution in [3.63, 3.8) is 0 Å². The molecule has 19 heavy (non-hydrogen) atoms. The molecule has 0 N–H and O–H groups in total. The zero-order valence-electron chi connectivity index (χ0n) is 10.9. The molecule has 98 valence electrons. The van der Waals surface area contributed by atoms with Crippen molar-refractivity contribution in [2.45, 2.75) is 6.92 Å². The fourth-order valence-electron chi connectivity index (χ4n) is 1.37. The maximum atomic E-state index is 5.77. The molecule has 0 spiro atoms. The highest BCUT2D eigenvalue weighted by Gasteiger charge is 1.94. The fourth-order valence-corrected chi connectivity index (χ4v) is 1.75. The van der Waals surface area contributed by atoms with Crippen molar-refractivity contribution < 1.29 is 0 Å². The molecule has 0 amide bonds. The van der Waals surface area contributed by atoms with Crippen LogP contribution in [0, 0.1) is 6.92 Å². The minimum Gasteiger partial charge on any atom is -0.0985 e. The molecule has 0 fully saturated rings. The van der Waals surface area contributed by atoms with Crippen molar-refractivity contribution in [2.75, 3.05) is 0 Å². The van der Waals surface area contributed by atoms with E-state index in [-0.39, 0.29) is 0 Å². The Kier molecular flexibility index (Phi) is 6.41. The predicted octanol–water partition coefficient (Wildman–Crippen LogP) is 6.27. The van der Waals surface area contributed by atoms with Crippen LogP contribution in [0.3, 0.4) is 0 Å². The van der Waals surface area contributed by atoms with Gasteiger partial charge in [0, 0.05) is 10.0 Å². The van der Waals surface area contributed by atoms with E-state index < -0.39 is 0 Å². The summed E-state index contributed by atoms with van der Waals surface area (Å²) in [6.07, 6.45) is 3.52. The molecule has 0 unspecified atom stereocenters. The van der Waals surface area contributed by atoms with Gasteiger partial charge in [0.15, 0.2) is 0 Å². The molecule has 2 heteroatoms. The summed E-state index contributed by atoms with van der Waals surface area (Å²) in [5, 5.41) is 1.36. The first kappa shape index (κ1) is 15.6. The largest absolute Gasteiger partial charge is 0.0985 e. The number of benzene rings is 2. The summed E-state index contributed by atoms with van der Waals surface area (Å²) >= 11 is 11.5. The van der Waals surface area contributed by atoms with Crippen LogP contribution in [0.5, 0.6) is 0 Å². The van der Waals surface area contributed by atoms with Crippen molar-refractivity contribution in [2.24, 2.45) is 0 Å². The second-order valence-electron chi connectivity index (χ2n) is 3.98. The van der Waals surface area contributed by atoms with Crippen LogP contribution in [0.25, 0.3) is 12.2 Å². The smallest absolute Gasteiger partial charge is 0.0479 e. The van der Waals surface area contributed by atoms with Gasteiger partial charge in [0.25, 0.3) is 0 Å². The lowest BCUT2D eigenvalue weighted by Gasteiger charge is -1.96. The van der Waals surface area contributed by atoms with Gasteiger partial charge in [-0.15, -0.1) is 0 Å². The number of rotatable bonds is 2. The lowest BCUT2D eigenvalue weighted by molar-refractivity contribution is 1.46. The van der Waals surface area contributed by atoms with E-state index in [1.807, 2.05) is 6.08 Å². The quantitative estimate of drug-likeness (QED) is 0.611. The van der Waals surface area contributed by atoms with E-state index in [1.165, 1.54) is 11.1 Å². The van der Waals surface area contributed by atoms with Gasteiger partial charge in [0.05, 0.1) is 0 Å². The maximum absolute atomic E-state index is 5.77. The molecule has 0 aliphatic rings. The number of hydrogen-bond donors (Lipinski definition) is 0. The van der Waals surface area contributed by atoms with E-state index in [1.54, 1.807) is 24.3 Å². The van der Waals surface area contributed by atoms with Gasteiger partial charge in [-0.1, -0.05) is 78.3 Å². The van der Waals surface area contributed by atoms with Gasteiger partial charge in [0.2, 0.25) is 0 Å². The number of halogens is 2. The summed E-state index contributed by atoms with van der Waals surface area (Å²) in [4.78, 5) is 0. The lowest BCUT2D eigenvalue weighted by Crippen LogP contribution is -1.72. The van der Waals surface area contributed by atoms with Gasteiger partial charge in [0.1, 0.15) is 0 Å². The van der Waals surface area contributed by atoms with Gasteiger partial charge < -0.3 is 0 Å². The topological polar surface area (TPSA) is 0 Å². The van der Waals surface area contributed by atoms with Crippen molar-refractivity contribution in [3.8, 4) is 0 Å². The van der Waals surface area contributed by atoms with Gasteiger partial charge in [-0.2, -0.15) is 0 Å². The van der Waals surface area contributed by atoms with E-state index >= 15 is 0 Å².